The molecule has 0 radical (unpaired) electrons. The van der Waals surface area contributed by atoms with Gasteiger partial charge in [0.1, 0.15) is 5.69 Å². The van der Waals surface area contributed by atoms with E-state index in [-0.39, 0.29) is 5.91 Å². The van der Waals surface area contributed by atoms with E-state index in [1.54, 1.807) is 12.5 Å². The Morgan fingerprint density at radius 1 is 1.40 bits per heavy atom. The summed E-state index contributed by atoms with van der Waals surface area (Å²) in [5, 5.41) is 0. The third kappa shape index (κ3) is 1.87. The molecule has 1 amide bonds. The van der Waals surface area contributed by atoms with Crippen molar-refractivity contribution in [3.63, 3.8) is 0 Å². The van der Waals surface area contributed by atoms with Gasteiger partial charge in [0.2, 0.25) is 0 Å². The van der Waals surface area contributed by atoms with Crippen LogP contribution in [0.4, 0.5) is 0 Å². The van der Waals surface area contributed by atoms with Gasteiger partial charge in [-0.2, -0.15) is 0 Å². The van der Waals surface area contributed by atoms with Crippen LogP contribution in [0.5, 0.6) is 0 Å². The van der Waals surface area contributed by atoms with Gasteiger partial charge in [0, 0.05) is 38.8 Å². The summed E-state index contributed by atoms with van der Waals surface area (Å²) in [7, 11) is 1.88. The predicted molar refractivity (Wildman–Crippen MR) is 75.4 cm³/mol. The summed E-state index contributed by atoms with van der Waals surface area (Å²) in [4.78, 5) is 21.3. The molecule has 3 fully saturated rings. The number of nitrogens with zero attached hydrogens (tertiary/aromatic N) is 4. The van der Waals surface area contributed by atoms with Crippen LogP contribution in [0.2, 0.25) is 0 Å². The van der Waals surface area contributed by atoms with Gasteiger partial charge in [-0.3, -0.25) is 9.69 Å². The van der Waals surface area contributed by atoms with Gasteiger partial charge in [-0.05, 0) is 31.6 Å². The summed E-state index contributed by atoms with van der Waals surface area (Å²) in [6.45, 7) is 4.28. The summed E-state index contributed by atoms with van der Waals surface area (Å²) >= 11 is 0. The van der Waals surface area contributed by atoms with E-state index >= 15 is 0 Å². The number of aryl methyl sites for hydroxylation is 1. The van der Waals surface area contributed by atoms with Crippen LogP contribution in [0.15, 0.2) is 12.5 Å². The number of likely N-dealkylation sites (tertiary alicyclic amines) is 2. The van der Waals surface area contributed by atoms with Gasteiger partial charge in [0.15, 0.2) is 0 Å². The molecule has 0 unspecified atom stereocenters. The molecule has 0 N–H and O–H groups in total. The van der Waals surface area contributed by atoms with Crippen molar-refractivity contribution in [2.45, 2.75) is 31.2 Å². The average Bonchev–Trinajstić information content (AvgIpc) is 2.97. The monoisotopic (exact) mass is 274 g/mol. The quantitative estimate of drug-likeness (QED) is 0.829. The van der Waals surface area contributed by atoms with E-state index < -0.39 is 0 Å². The van der Waals surface area contributed by atoms with Crippen LogP contribution in [-0.2, 0) is 7.05 Å². The van der Waals surface area contributed by atoms with Crippen molar-refractivity contribution in [1.29, 1.82) is 0 Å². The summed E-state index contributed by atoms with van der Waals surface area (Å²) in [6, 6.07) is 0. The molecule has 1 saturated carbocycles. The minimum absolute atomic E-state index is 0.139. The topological polar surface area (TPSA) is 41.4 Å². The molecular weight excluding hydrogens is 252 g/mol. The first-order valence-corrected chi connectivity index (χ1v) is 7.69. The molecule has 1 aliphatic carbocycles. The Hall–Kier alpha value is -1.36. The van der Waals surface area contributed by atoms with Gasteiger partial charge in [-0.1, -0.05) is 0 Å². The Bertz CT molecular complexity index is 536. The molecule has 5 nitrogen and oxygen atoms in total. The van der Waals surface area contributed by atoms with Crippen molar-refractivity contribution < 1.29 is 4.79 Å². The highest BCUT2D eigenvalue weighted by Crippen LogP contribution is 2.42. The average molecular weight is 274 g/mol. The van der Waals surface area contributed by atoms with E-state index in [2.05, 4.69) is 9.88 Å². The van der Waals surface area contributed by atoms with E-state index in [9.17, 15) is 4.79 Å². The van der Waals surface area contributed by atoms with E-state index in [0.717, 1.165) is 25.4 Å². The number of carbonyl (C=O) groups excluding carboxylic acids is 1. The number of carbonyl (C=O) groups is 1. The normalized spacial score (nSPS) is 29.9. The van der Waals surface area contributed by atoms with E-state index in [1.165, 1.54) is 32.4 Å². The fourth-order valence-electron chi connectivity index (χ4n) is 3.70. The van der Waals surface area contributed by atoms with Crippen LogP contribution in [0.25, 0.3) is 0 Å². The summed E-state index contributed by atoms with van der Waals surface area (Å²) in [5.41, 5.74) is 1.01. The molecule has 3 aliphatic rings. The molecule has 2 saturated heterocycles. The second kappa shape index (κ2) is 4.32. The van der Waals surface area contributed by atoms with Gasteiger partial charge in [-0.25, -0.2) is 4.98 Å². The van der Waals surface area contributed by atoms with Crippen LogP contribution >= 0.6 is 0 Å². The minimum Gasteiger partial charge on any atom is -0.335 e. The van der Waals surface area contributed by atoms with Gasteiger partial charge < -0.3 is 9.47 Å². The van der Waals surface area contributed by atoms with Crippen molar-refractivity contribution >= 4 is 5.91 Å². The summed E-state index contributed by atoms with van der Waals surface area (Å²) in [5.74, 6) is 1.08. The number of imidazole rings is 1. The standard InChI is InChI=1S/C15H22N4O/c1-17-11-16-8-13(17)14(20)18-6-4-15(10-18)5-7-19(15)9-12-2-3-12/h8,11-12H,2-7,9-10H2,1H3/t15-/m1/s1. The maximum absolute atomic E-state index is 12.5. The molecule has 1 aromatic rings. The van der Waals surface area contributed by atoms with Crippen molar-refractivity contribution in [3.8, 4) is 0 Å². The van der Waals surface area contributed by atoms with Gasteiger partial charge >= 0.3 is 0 Å². The molecule has 1 atom stereocenters. The van der Waals surface area contributed by atoms with Crippen molar-refractivity contribution in [1.82, 2.24) is 19.4 Å². The van der Waals surface area contributed by atoms with Crippen LogP contribution in [0, 0.1) is 5.92 Å². The maximum Gasteiger partial charge on any atom is 0.272 e. The highest BCUT2D eigenvalue weighted by molar-refractivity contribution is 5.92. The van der Waals surface area contributed by atoms with Gasteiger partial charge in [0.25, 0.3) is 5.91 Å². The highest BCUT2D eigenvalue weighted by atomic mass is 16.2. The molecule has 108 valence electrons. The van der Waals surface area contributed by atoms with Crippen molar-refractivity contribution in [3.05, 3.63) is 18.2 Å². The zero-order valence-electron chi connectivity index (χ0n) is 12.1. The summed E-state index contributed by atoms with van der Waals surface area (Å²) in [6.07, 6.45) is 8.59. The molecule has 2 aliphatic heterocycles. The number of amides is 1. The fraction of sp³-hybridized carbons (Fsp3) is 0.733. The van der Waals surface area contributed by atoms with Crippen LogP contribution in [0.1, 0.15) is 36.2 Å². The molecular formula is C15H22N4O. The largest absolute Gasteiger partial charge is 0.335 e. The third-order valence-electron chi connectivity index (χ3n) is 5.35. The Morgan fingerprint density at radius 3 is 2.80 bits per heavy atom. The van der Waals surface area contributed by atoms with Crippen LogP contribution in [-0.4, -0.2) is 57.0 Å². The Morgan fingerprint density at radius 2 is 2.20 bits per heavy atom. The second-order valence-corrected chi connectivity index (χ2v) is 6.73. The molecule has 3 heterocycles. The zero-order valence-corrected chi connectivity index (χ0v) is 12.1. The Labute approximate surface area is 119 Å². The first-order valence-electron chi connectivity index (χ1n) is 7.69. The highest BCUT2D eigenvalue weighted by Gasteiger charge is 2.51. The lowest BCUT2D eigenvalue weighted by atomic mass is 9.83. The van der Waals surface area contributed by atoms with Gasteiger partial charge in [0.05, 0.1) is 12.5 Å². The molecule has 20 heavy (non-hydrogen) atoms. The van der Waals surface area contributed by atoms with Gasteiger partial charge in [-0.15, -0.1) is 0 Å². The molecule has 0 aromatic carbocycles. The zero-order chi connectivity index (χ0) is 13.7. The predicted octanol–water partition coefficient (Wildman–Crippen LogP) is 1.12. The number of rotatable bonds is 3. The minimum atomic E-state index is 0.139. The van der Waals surface area contributed by atoms with Crippen LogP contribution in [0.3, 0.4) is 0 Å². The van der Waals surface area contributed by atoms with E-state index in [4.69, 9.17) is 0 Å². The van der Waals surface area contributed by atoms with E-state index in [1.807, 2.05) is 16.5 Å². The number of hydrogen-bond donors (Lipinski definition) is 0. The van der Waals surface area contributed by atoms with Crippen molar-refractivity contribution in [2.24, 2.45) is 13.0 Å². The maximum atomic E-state index is 12.5. The third-order valence-corrected chi connectivity index (χ3v) is 5.35. The first kappa shape index (κ1) is 12.4. The molecule has 1 spiro atoms. The molecule has 4 rings (SSSR count). The lowest BCUT2D eigenvalue weighted by Gasteiger charge is -2.51. The Balaban J connectivity index is 1.45. The first-order chi connectivity index (χ1) is 9.68. The molecule has 5 heteroatoms. The fourth-order valence-corrected chi connectivity index (χ4v) is 3.70. The number of aromatic nitrogens is 2. The smallest absolute Gasteiger partial charge is 0.272 e. The second-order valence-electron chi connectivity index (χ2n) is 6.73. The molecule has 0 bridgehead atoms. The van der Waals surface area contributed by atoms with E-state index in [0.29, 0.717) is 11.2 Å². The number of hydrogen-bond acceptors (Lipinski definition) is 3. The lowest BCUT2D eigenvalue weighted by Crippen LogP contribution is -2.61. The van der Waals surface area contributed by atoms with Crippen LogP contribution < -0.4 is 0 Å². The SMILES string of the molecule is Cn1cncc1C(=O)N1CC[C@@]2(CCN2CC2CC2)C1. The molecule has 1 aromatic heterocycles. The summed E-state index contributed by atoms with van der Waals surface area (Å²) < 4.78 is 1.82. The lowest BCUT2D eigenvalue weighted by molar-refractivity contribution is -0.00937. The Kier molecular flexibility index (Phi) is 2.67. The van der Waals surface area contributed by atoms with Crippen molar-refractivity contribution in [2.75, 3.05) is 26.2 Å².